The molecule has 1 rings (SSSR count). The first-order valence-corrected chi connectivity index (χ1v) is 4.52. The topological polar surface area (TPSA) is 21.7 Å². The van der Waals surface area contributed by atoms with E-state index < -0.39 is 0 Å². The van der Waals surface area contributed by atoms with Crippen LogP contribution in [-0.2, 0) is 9.31 Å². The summed E-state index contributed by atoms with van der Waals surface area (Å²) in [5, 5.41) is 0. The van der Waals surface area contributed by atoms with E-state index in [-0.39, 0.29) is 7.12 Å². The van der Waals surface area contributed by atoms with Crippen molar-refractivity contribution in [3.05, 3.63) is 24.3 Å². The van der Waals surface area contributed by atoms with Crippen molar-refractivity contribution < 1.29 is 9.31 Å². The van der Waals surface area contributed by atoms with Crippen molar-refractivity contribution in [1.29, 1.82) is 0 Å². The van der Waals surface area contributed by atoms with Crippen molar-refractivity contribution >= 4 is 18.3 Å². The Morgan fingerprint density at radius 3 is 2.14 bits per heavy atom. The van der Waals surface area contributed by atoms with E-state index in [0.29, 0.717) is 0 Å². The summed E-state index contributed by atoms with van der Waals surface area (Å²) in [6, 6.07) is 8.03. The van der Waals surface area contributed by atoms with E-state index in [1.807, 2.05) is 43.3 Å². The Balaban J connectivity index is 3.05. The van der Waals surface area contributed by atoms with Crippen molar-refractivity contribution in [1.82, 2.24) is 0 Å². The second-order valence-corrected chi connectivity index (χ2v) is 3.26. The van der Waals surface area contributed by atoms with E-state index in [2.05, 4.69) is 0 Å². The highest BCUT2D eigenvalue weighted by atomic mass is 16.6. The van der Waals surface area contributed by atoms with E-state index in [0.717, 1.165) is 11.2 Å². The van der Waals surface area contributed by atoms with Crippen molar-refractivity contribution in [2.45, 2.75) is 0 Å². The number of nitrogens with zero attached hydrogens (tertiary/aromatic N) is 1. The summed E-state index contributed by atoms with van der Waals surface area (Å²) in [5.41, 5.74) is 2.16. The number of benzene rings is 1. The quantitative estimate of drug-likeness (QED) is 0.658. The first-order chi connectivity index (χ1) is 6.70. The molecule has 76 valence electrons. The Hall–Kier alpha value is -0.995. The second kappa shape index (κ2) is 5.03. The first kappa shape index (κ1) is 11.1. The lowest BCUT2D eigenvalue weighted by atomic mass is 9.77. The van der Waals surface area contributed by atoms with Crippen LogP contribution in [0.4, 0.5) is 5.69 Å². The van der Waals surface area contributed by atoms with Crippen LogP contribution in [0.2, 0.25) is 0 Å². The minimum absolute atomic E-state index is 0.298. The molecule has 0 aliphatic heterocycles. The van der Waals surface area contributed by atoms with Gasteiger partial charge in [-0.1, -0.05) is 18.2 Å². The molecule has 1 aromatic carbocycles. The van der Waals surface area contributed by atoms with Gasteiger partial charge in [0, 0.05) is 39.5 Å². The second-order valence-electron chi connectivity index (χ2n) is 3.26. The first-order valence-electron chi connectivity index (χ1n) is 4.52. The van der Waals surface area contributed by atoms with Crippen molar-refractivity contribution in [3.8, 4) is 0 Å². The fourth-order valence-electron chi connectivity index (χ4n) is 1.44. The molecule has 0 heterocycles. The molecule has 0 saturated carbocycles. The number of hydrogen-bond donors (Lipinski definition) is 0. The Labute approximate surface area is 85.8 Å². The minimum Gasteiger partial charge on any atom is -0.410 e. The fourth-order valence-corrected chi connectivity index (χ4v) is 1.44. The normalized spacial score (nSPS) is 10.0. The summed E-state index contributed by atoms with van der Waals surface area (Å²) in [5.74, 6) is 0. The standard InChI is InChI=1S/C10H16BNO2/c1-12(2)10-8-6-5-7-9(10)11(13-3)14-4/h5-8H,1-4H3. The SMILES string of the molecule is COB(OC)c1ccccc1N(C)C. The number of para-hydroxylation sites is 1. The molecule has 0 unspecified atom stereocenters. The zero-order valence-corrected chi connectivity index (χ0v) is 9.15. The van der Waals surface area contributed by atoms with Gasteiger partial charge in [0.1, 0.15) is 0 Å². The van der Waals surface area contributed by atoms with Crippen LogP contribution >= 0.6 is 0 Å². The average Bonchev–Trinajstić information content (AvgIpc) is 2.20. The monoisotopic (exact) mass is 193 g/mol. The molecule has 4 heteroatoms. The summed E-state index contributed by atoms with van der Waals surface area (Å²) in [6.07, 6.45) is 0. The van der Waals surface area contributed by atoms with Crippen molar-refractivity contribution in [2.24, 2.45) is 0 Å². The van der Waals surface area contributed by atoms with Gasteiger partial charge in [-0.15, -0.1) is 0 Å². The van der Waals surface area contributed by atoms with E-state index >= 15 is 0 Å². The molecule has 0 atom stereocenters. The Morgan fingerprint density at radius 2 is 1.64 bits per heavy atom. The lowest BCUT2D eigenvalue weighted by Gasteiger charge is -2.19. The number of anilines is 1. The largest absolute Gasteiger partial charge is 0.495 e. The highest BCUT2D eigenvalue weighted by molar-refractivity contribution is 6.63. The van der Waals surface area contributed by atoms with E-state index in [1.165, 1.54) is 0 Å². The van der Waals surface area contributed by atoms with E-state index in [1.54, 1.807) is 14.2 Å². The summed E-state index contributed by atoms with van der Waals surface area (Å²) >= 11 is 0. The van der Waals surface area contributed by atoms with Crippen LogP contribution < -0.4 is 10.4 Å². The molecule has 0 radical (unpaired) electrons. The summed E-state index contributed by atoms with van der Waals surface area (Å²) in [6.45, 7) is 0. The molecule has 0 fully saturated rings. The van der Waals surface area contributed by atoms with Crippen LogP contribution in [0.25, 0.3) is 0 Å². The predicted octanol–water partition coefficient (Wildman–Crippen LogP) is 0.741. The molecule has 0 aromatic heterocycles. The minimum atomic E-state index is -0.298. The molecule has 0 aliphatic rings. The van der Waals surface area contributed by atoms with Gasteiger partial charge in [0.25, 0.3) is 0 Å². The van der Waals surface area contributed by atoms with Gasteiger partial charge in [0.05, 0.1) is 0 Å². The zero-order valence-electron chi connectivity index (χ0n) is 9.15. The molecular weight excluding hydrogens is 177 g/mol. The highest BCUT2D eigenvalue weighted by Crippen LogP contribution is 2.08. The molecule has 0 saturated heterocycles. The lowest BCUT2D eigenvalue weighted by molar-refractivity contribution is 0.292. The smallest absolute Gasteiger partial charge is 0.410 e. The van der Waals surface area contributed by atoms with Crippen LogP contribution in [0, 0.1) is 0 Å². The summed E-state index contributed by atoms with van der Waals surface area (Å²) < 4.78 is 10.5. The molecule has 0 aliphatic carbocycles. The van der Waals surface area contributed by atoms with Gasteiger partial charge in [-0.05, 0) is 6.07 Å². The van der Waals surface area contributed by atoms with E-state index in [9.17, 15) is 0 Å². The Morgan fingerprint density at radius 1 is 1.07 bits per heavy atom. The zero-order chi connectivity index (χ0) is 10.6. The molecule has 1 aromatic rings. The van der Waals surface area contributed by atoms with Crippen LogP contribution in [-0.4, -0.2) is 35.4 Å². The van der Waals surface area contributed by atoms with Gasteiger partial charge in [-0.2, -0.15) is 0 Å². The van der Waals surface area contributed by atoms with Crippen LogP contribution in [0.3, 0.4) is 0 Å². The van der Waals surface area contributed by atoms with E-state index in [4.69, 9.17) is 9.31 Å². The summed E-state index contributed by atoms with van der Waals surface area (Å²) in [4.78, 5) is 2.04. The Kier molecular flexibility index (Phi) is 3.98. The maximum atomic E-state index is 5.23. The van der Waals surface area contributed by atoms with Crippen LogP contribution in [0.1, 0.15) is 0 Å². The third-order valence-electron chi connectivity index (χ3n) is 2.10. The third-order valence-corrected chi connectivity index (χ3v) is 2.10. The van der Waals surface area contributed by atoms with Crippen LogP contribution in [0.15, 0.2) is 24.3 Å². The van der Waals surface area contributed by atoms with Crippen molar-refractivity contribution in [3.63, 3.8) is 0 Å². The van der Waals surface area contributed by atoms with Gasteiger partial charge in [-0.3, -0.25) is 0 Å². The predicted molar refractivity (Wildman–Crippen MR) is 60.2 cm³/mol. The maximum Gasteiger partial charge on any atom is 0.495 e. The molecule has 0 N–H and O–H groups in total. The van der Waals surface area contributed by atoms with Gasteiger partial charge >= 0.3 is 7.12 Å². The fraction of sp³-hybridized carbons (Fsp3) is 0.400. The van der Waals surface area contributed by atoms with Gasteiger partial charge in [0.15, 0.2) is 0 Å². The molecule has 0 bridgehead atoms. The van der Waals surface area contributed by atoms with Gasteiger partial charge in [-0.25, -0.2) is 0 Å². The lowest BCUT2D eigenvalue weighted by Crippen LogP contribution is -2.38. The number of hydrogen-bond acceptors (Lipinski definition) is 3. The third kappa shape index (κ3) is 2.27. The molecule has 14 heavy (non-hydrogen) atoms. The summed E-state index contributed by atoms with van der Waals surface area (Å²) in [7, 11) is 6.98. The highest BCUT2D eigenvalue weighted by Gasteiger charge is 2.21. The maximum absolute atomic E-state index is 5.23. The molecule has 0 amide bonds. The molecule has 0 spiro atoms. The number of rotatable bonds is 4. The van der Waals surface area contributed by atoms with Crippen molar-refractivity contribution in [2.75, 3.05) is 33.2 Å². The molecule has 3 nitrogen and oxygen atoms in total. The molecular formula is C10H16BNO2. The van der Waals surface area contributed by atoms with Gasteiger partial charge in [0.2, 0.25) is 0 Å². The van der Waals surface area contributed by atoms with Gasteiger partial charge < -0.3 is 14.2 Å². The average molecular weight is 193 g/mol. The Bertz CT molecular complexity index is 287. The van der Waals surface area contributed by atoms with Crippen LogP contribution in [0.5, 0.6) is 0 Å².